The van der Waals surface area contributed by atoms with Crippen molar-refractivity contribution in [2.45, 2.75) is 76.3 Å². The van der Waals surface area contributed by atoms with Crippen molar-refractivity contribution in [3.8, 4) is 5.75 Å². The van der Waals surface area contributed by atoms with E-state index in [0.29, 0.717) is 5.75 Å². The number of aromatic hydroxyl groups is 1. The summed E-state index contributed by atoms with van der Waals surface area (Å²) in [7, 11) is 0. The predicted molar refractivity (Wildman–Crippen MR) is 85.0 cm³/mol. The molecule has 3 rings (SSSR count). The first-order valence-electron chi connectivity index (χ1n) is 8.34. The Bertz CT molecular complexity index is 324. The van der Waals surface area contributed by atoms with Gasteiger partial charge in [0.05, 0.1) is 0 Å². The van der Waals surface area contributed by atoms with Crippen LogP contribution >= 0.6 is 0 Å². The van der Waals surface area contributed by atoms with Crippen molar-refractivity contribution in [1.82, 2.24) is 5.32 Å². The van der Waals surface area contributed by atoms with Gasteiger partial charge in [0.1, 0.15) is 5.75 Å². The molecule has 0 aliphatic heterocycles. The highest BCUT2D eigenvalue weighted by Gasteiger charge is 2.19. The summed E-state index contributed by atoms with van der Waals surface area (Å²) < 4.78 is 0. The molecule has 2 aliphatic carbocycles. The van der Waals surface area contributed by atoms with E-state index < -0.39 is 0 Å². The van der Waals surface area contributed by atoms with Crippen LogP contribution in [-0.4, -0.2) is 17.2 Å². The molecule has 1 aromatic rings. The third-order valence-corrected chi connectivity index (χ3v) is 4.44. The number of phenols is 1. The molecule has 0 spiro atoms. The summed E-state index contributed by atoms with van der Waals surface area (Å²) in [5.41, 5.74) is 0. The van der Waals surface area contributed by atoms with Crippen LogP contribution < -0.4 is 5.32 Å². The zero-order valence-corrected chi connectivity index (χ0v) is 12.6. The van der Waals surface area contributed by atoms with Crippen LogP contribution in [-0.2, 0) is 0 Å². The van der Waals surface area contributed by atoms with E-state index in [0.717, 1.165) is 12.1 Å². The molecule has 0 bridgehead atoms. The van der Waals surface area contributed by atoms with Gasteiger partial charge in [-0.15, -0.1) is 0 Å². The first-order chi connectivity index (χ1) is 9.84. The fourth-order valence-corrected chi connectivity index (χ4v) is 3.30. The van der Waals surface area contributed by atoms with E-state index in [-0.39, 0.29) is 0 Å². The monoisotopic (exact) mass is 275 g/mol. The second-order valence-corrected chi connectivity index (χ2v) is 6.17. The van der Waals surface area contributed by atoms with Crippen molar-refractivity contribution in [2.75, 3.05) is 0 Å². The fourth-order valence-electron chi connectivity index (χ4n) is 3.30. The van der Waals surface area contributed by atoms with Gasteiger partial charge in [-0.1, -0.05) is 56.7 Å². The molecule has 112 valence electrons. The van der Waals surface area contributed by atoms with Gasteiger partial charge >= 0.3 is 0 Å². The van der Waals surface area contributed by atoms with Gasteiger partial charge in [-0.2, -0.15) is 0 Å². The summed E-state index contributed by atoms with van der Waals surface area (Å²) in [6, 6.07) is 10.5. The number of phenolic OH excluding ortho intramolecular Hbond substituents is 1. The Labute approximate surface area is 123 Å². The van der Waals surface area contributed by atoms with Crippen molar-refractivity contribution in [1.29, 1.82) is 0 Å². The van der Waals surface area contributed by atoms with Crippen molar-refractivity contribution in [2.24, 2.45) is 0 Å². The highest BCUT2D eigenvalue weighted by atomic mass is 16.3. The Hall–Kier alpha value is -1.02. The van der Waals surface area contributed by atoms with Crippen molar-refractivity contribution in [3.05, 3.63) is 30.3 Å². The lowest BCUT2D eigenvalue weighted by atomic mass is 9.91. The predicted octanol–water partition coefficient (Wildman–Crippen LogP) is 4.63. The molecule has 1 aromatic carbocycles. The topological polar surface area (TPSA) is 32.3 Å². The molecule has 0 atom stereocenters. The van der Waals surface area contributed by atoms with E-state index in [1.807, 2.05) is 6.07 Å². The highest BCUT2D eigenvalue weighted by molar-refractivity contribution is 5.18. The highest BCUT2D eigenvalue weighted by Crippen LogP contribution is 2.22. The van der Waals surface area contributed by atoms with Gasteiger partial charge in [-0.05, 0) is 37.8 Å². The lowest BCUT2D eigenvalue weighted by Crippen LogP contribution is -2.40. The second kappa shape index (κ2) is 9.02. The number of rotatable bonds is 2. The molecule has 0 amide bonds. The van der Waals surface area contributed by atoms with Crippen LogP contribution in [0.3, 0.4) is 0 Å². The quantitative estimate of drug-likeness (QED) is 0.824. The lowest BCUT2D eigenvalue weighted by molar-refractivity contribution is 0.291. The molecule has 0 heterocycles. The maximum Gasteiger partial charge on any atom is 0.115 e. The summed E-state index contributed by atoms with van der Waals surface area (Å²) in [4.78, 5) is 0. The Kier molecular flexibility index (Phi) is 6.93. The molecule has 0 radical (unpaired) electrons. The average molecular weight is 275 g/mol. The summed E-state index contributed by atoms with van der Waals surface area (Å²) in [6.07, 6.45) is 14.6. The largest absolute Gasteiger partial charge is 0.508 e. The molecule has 0 unspecified atom stereocenters. The lowest BCUT2D eigenvalue weighted by Gasteiger charge is -2.30. The van der Waals surface area contributed by atoms with Gasteiger partial charge in [0, 0.05) is 12.1 Å². The average Bonchev–Trinajstić information content (AvgIpc) is 2.51. The standard InChI is InChI=1S/C12H23N.C6H6O/c1-3-7-11(8-4-1)13-12-9-5-2-6-10-12;7-6-4-2-1-3-5-6/h11-13H,1-10H2;1-5,7H. The third kappa shape index (κ3) is 5.96. The minimum Gasteiger partial charge on any atom is -0.508 e. The SMILES string of the molecule is C1CCC(NC2CCCCC2)CC1.Oc1ccccc1. The fraction of sp³-hybridized carbons (Fsp3) is 0.667. The maximum atomic E-state index is 8.63. The number of hydrogen-bond donors (Lipinski definition) is 2. The van der Waals surface area contributed by atoms with Crippen LogP contribution in [0.25, 0.3) is 0 Å². The zero-order chi connectivity index (χ0) is 14.0. The summed E-state index contributed by atoms with van der Waals surface area (Å²) in [5, 5.41) is 12.5. The van der Waals surface area contributed by atoms with E-state index in [1.165, 1.54) is 64.2 Å². The maximum absolute atomic E-state index is 8.63. The number of para-hydroxylation sites is 1. The minimum atomic E-state index is 0.322. The van der Waals surface area contributed by atoms with Crippen LogP contribution in [0.15, 0.2) is 30.3 Å². The smallest absolute Gasteiger partial charge is 0.115 e. The first-order valence-corrected chi connectivity index (χ1v) is 8.34. The Balaban J connectivity index is 0.000000178. The van der Waals surface area contributed by atoms with Gasteiger partial charge in [-0.25, -0.2) is 0 Å². The molecule has 0 aromatic heterocycles. The molecule has 20 heavy (non-hydrogen) atoms. The van der Waals surface area contributed by atoms with E-state index in [9.17, 15) is 0 Å². The summed E-state index contributed by atoms with van der Waals surface area (Å²) in [6.45, 7) is 0. The molecule has 2 fully saturated rings. The molecule has 2 aliphatic rings. The van der Waals surface area contributed by atoms with Gasteiger partial charge in [0.2, 0.25) is 0 Å². The number of nitrogens with one attached hydrogen (secondary N) is 1. The van der Waals surface area contributed by atoms with Crippen molar-refractivity contribution >= 4 is 0 Å². The van der Waals surface area contributed by atoms with Crippen molar-refractivity contribution in [3.63, 3.8) is 0 Å². The normalized spacial score (nSPS) is 21.0. The van der Waals surface area contributed by atoms with Crippen LogP contribution in [0, 0.1) is 0 Å². The Morgan fingerprint density at radius 3 is 1.50 bits per heavy atom. The van der Waals surface area contributed by atoms with Crippen LogP contribution in [0.4, 0.5) is 0 Å². The van der Waals surface area contributed by atoms with Crippen LogP contribution in [0.1, 0.15) is 64.2 Å². The van der Waals surface area contributed by atoms with Crippen LogP contribution in [0.2, 0.25) is 0 Å². The molecular formula is C18H29NO. The number of hydrogen-bond acceptors (Lipinski definition) is 2. The Morgan fingerprint density at radius 1 is 0.700 bits per heavy atom. The second-order valence-electron chi connectivity index (χ2n) is 6.17. The van der Waals surface area contributed by atoms with Gasteiger partial charge in [0.25, 0.3) is 0 Å². The van der Waals surface area contributed by atoms with Gasteiger partial charge < -0.3 is 10.4 Å². The molecule has 2 nitrogen and oxygen atoms in total. The molecule has 2 N–H and O–H groups in total. The van der Waals surface area contributed by atoms with E-state index in [4.69, 9.17) is 5.11 Å². The van der Waals surface area contributed by atoms with Crippen molar-refractivity contribution < 1.29 is 5.11 Å². The Morgan fingerprint density at radius 2 is 1.15 bits per heavy atom. The van der Waals surface area contributed by atoms with E-state index >= 15 is 0 Å². The summed E-state index contributed by atoms with van der Waals surface area (Å²) >= 11 is 0. The number of benzene rings is 1. The van der Waals surface area contributed by atoms with E-state index in [2.05, 4.69) is 5.32 Å². The third-order valence-electron chi connectivity index (χ3n) is 4.44. The summed E-state index contributed by atoms with van der Waals surface area (Å²) in [5.74, 6) is 0.322. The minimum absolute atomic E-state index is 0.322. The van der Waals surface area contributed by atoms with Gasteiger partial charge in [-0.3, -0.25) is 0 Å². The zero-order valence-electron chi connectivity index (χ0n) is 12.6. The van der Waals surface area contributed by atoms with Gasteiger partial charge in [0.15, 0.2) is 0 Å². The molecular weight excluding hydrogens is 246 g/mol. The molecule has 2 heteroatoms. The molecule has 2 saturated carbocycles. The first kappa shape index (κ1) is 15.4. The van der Waals surface area contributed by atoms with E-state index in [1.54, 1.807) is 24.3 Å². The van der Waals surface area contributed by atoms with Crippen LogP contribution in [0.5, 0.6) is 5.75 Å². The molecule has 0 saturated heterocycles.